The molecule has 102 valence electrons. The Balaban J connectivity index is 1.59. The first-order valence-corrected chi connectivity index (χ1v) is 7.22. The number of hydrogen-bond acceptors (Lipinski definition) is 6. The number of nitrogens with zero attached hydrogens (tertiary/aromatic N) is 2. The number of ether oxygens (including phenoxy) is 1. The van der Waals surface area contributed by atoms with Crippen molar-refractivity contribution in [3.63, 3.8) is 0 Å². The maximum absolute atomic E-state index is 5.63. The molecule has 0 saturated carbocycles. The van der Waals surface area contributed by atoms with E-state index < -0.39 is 0 Å². The molecule has 3 rings (SSSR count). The molecular formula is C13H11N3O2S2. The summed E-state index contributed by atoms with van der Waals surface area (Å²) in [5.74, 6) is 1.34. The van der Waals surface area contributed by atoms with Crippen molar-refractivity contribution >= 4 is 23.6 Å². The molecule has 0 saturated heterocycles. The van der Waals surface area contributed by atoms with E-state index in [2.05, 4.69) is 15.2 Å². The quantitative estimate of drug-likeness (QED) is 0.731. The van der Waals surface area contributed by atoms with Gasteiger partial charge in [0.2, 0.25) is 0 Å². The van der Waals surface area contributed by atoms with Gasteiger partial charge in [-0.2, -0.15) is 0 Å². The summed E-state index contributed by atoms with van der Waals surface area (Å²) in [6.07, 6.45) is 2.47. The van der Waals surface area contributed by atoms with E-state index in [1.807, 2.05) is 30.3 Å². The molecule has 1 N–H and O–H groups in total. The summed E-state index contributed by atoms with van der Waals surface area (Å²) in [5.41, 5.74) is 0. The minimum atomic E-state index is 0.266. The molecule has 0 aliphatic rings. The first kappa shape index (κ1) is 13.0. The molecule has 0 spiro atoms. The molecule has 0 radical (unpaired) electrons. The molecule has 1 aromatic carbocycles. The Hall–Kier alpha value is -1.99. The first-order valence-electron chi connectivity index (χ1n) is 6.00. The lowest BCUT2D eigenvalue weighted by molar-refractivity contribution is 0.322. The van der Waals surface area contributed by atoms with E-state index in [0.29, 0.717) is 12.5 Å². The van der Waals surface area contributed by atoms with Gasteiger partial charge >= 0.3 is 0 Å². The van der Waals surface area contributed by atoms with Crippen LogP contribution in [0, 0.1) is 4.84 Å². The maximum atomic E-state index is 5.63. The van der Waals surface area contributed by atoms with E-state index in [1.54, 1.807) is 6.20 Å². The first-order chi connectivity index (χ1) is 9.81. The molecule has 0 unspecified atom stereocenters. The van der Waals surface area contributed by atoms with Gasteiger partial charge in [0.1, 0.15) is 10.6 Å². The number of aromatic amines is 1. The van der Waals surface area contributed by atoms with Gasteiger partial charge in [-0.05, 0) is 24.4 Å². The summed E-state index contributed by atoms with van der Waals surface area (Å²) in [7, 11) is 0. The van der Waals surface area contributed by atoms with Gasteiger partial charge in [0.15, 0.2) is 0 Å². The fourth-order valence-electron chi connectivity index (χ4n) is 1.63. The zero-order chi connectivity index (χ0) is 13.8. The summed E-state index contributed by atoms with van der Waals surface area (Å²) >= 11 is 6.36. The SMILES string of the molecule is S=c1[nH]nc(-c2cnc(CCOc3ccccc3)s2)o1. The number of rotatable bonds is 5. The number of thiazole rings is 1. The third-order valence-electron chi connectivity index (χ3n) is 2.53. The Labute approximate surface area is 124 Å². The molecule has 0 fully saturated rings. The van der Waals surface area contributed by atoms with Crippen LogP contribution in [0.1, 0.15) is 5.01 Å². The van der Waals surface area contributed by atoms with Crippen molar-refractivity contribution in [1.29, 1.82) is 0 Å². The Kier molecular flexibility index (Phi) is 3.89. The number of H-pyrrole nitrogens is 1. The third-order valence-corrected chi connectivity index (χ3v) is 3.75. The van der Waals surface area contributed by atoms with E-state index in [-0.39, 0.29) is 4.84 Å². The monoisotopic (exact) mass is 305 g/mol. The highest BCUT2D eigenvalue weighted by Gasteiger charge is 2.09. The average Bonchev–Trinajstić information content (AvgIpc) is 3.09. The van der Waals surface area contributed by atoms with Gasteiger partial charge in [-0.1, -0.05) is 18.2 Å². The fraction of sp³-hybridized carbons (Fsp3) is 0.154. The summed E-state index contributed by atoms with van der Waals surface area (Å²) in [4.78, 5) is 5.44. The number of hydrogen-bond donors (Lipinski definition) is 1. The topological polar surface area (TPSA) is 63.9 Å². The van der Waals surface area contributed by atoms with E-state index in [0.717, 1.165) is 22.1 Å². The zero-order valence-electron chi connectivity index (χ0n) is 10.4. The van der Waals surface area contributed by atoms with Crippen molar-refractivity contribution in [2.45, 2.75) is 6.42 Å². The van der Waals surface area contributed by atoms with Crippen molar-refractivity contribution in [1.82, 2.24) is 15.2 Å². The van der Waals surface area contributed by atoms with Crippen LogP contribution in [-0.2, 0) is 6.42 Å². The van der Waals surface area contributed by atoms with Gasteiger partial charge < -0.3 is 9.15 Å². The van der Waals surface area contributed by atoms with Crippen LogP contribution in [0.15, 0.2) is 40.9 Å². The van der Waals surface area contributed by atoms with Gasteiger partial charge in [0, 0.05) is 6.42 Å². The molecule has 7 heteroatoms. The van der Waals surface area contributed by atoms with Crippen LogP contribution in [-0.4, -0.2) is 21.8 Å². The van der Waals surface area contributed by atoms with E-state index >= 15 is 0 Å². The van der Waals surface area contributed by atoms with Crippen LogP contribution in [0.2, 0.25) is 0 Å². The largest absolute Gasteiger partial charge is 0.493 e. The summed E-state index contributed by atoms with van der Waals surface area (Å²) in [6.45, 7) is 0.584. The normalized spacial score (nSPS) is 10.6. The van der Waals surface area contributed by atoms with Gasteiger partial charge in [-0.3, -0.25) is 0 Å². The number of nitrogens with one attached hydrogen (secondary N) is 1. The van der Waals surface area contributed by atoms with Gasteiger partial charge in [0.25, 0.3) is 10.7 Å². The predicted octanol–water partition coefficient (Wildman–Crippen LogP) is 3.48. The van der Waals surface area contributed by atoms with E-state index in [9.17, 15) is 0 Å². The lowest BCUT2D eigenvalue weighted by atomic mass is 10.3. The minimum absolute atomic E-state index is 0.266. The van der Waals surface area contributed by atoms with Gasteiger partial charge in [-0.15, -0.1) is 16.4 Å². The highest BCUT2D eigenvalue weighted by atomic mass is 32.1. The summed E-state index contributed by atoms with van der Waals surface area (Å²) < 4.78 is 10.9. The molecular weight excluding hydrogens is 294 g/mol. The lowest BCUT2D eigenvalue weighted by Gasteiger charge is -2.03. The Bertz CT molecular complexity index is 733. The highest BCUT2D eigenvalue weighted by Crippen LogP contribution is 2.24. The molecule has 0 atom stereocenters. The number of benzene rings is 1. The van der Waals surface area contributed by atoms with Crippen LogP contribution in [0.25, 0.3) is 10.8 Å². The molecule has 0 bridgehead atoms. The third kappa shape index (κ3) is 3.12. The van der Waals surface area contributed by atoms with E-state index in [4.69, 9.17) is 21.4 Å². The molecule has 5 nitrogen and oxygen atoms in total. The van der Waals surface area contributed by atoms with E-state index in [1.165, 1.54) is 11.3 Å². The van der Waals surface area contributed by atoms with Crippen molar-refractivity contribution in [2.75, 3.05) is 6.61 Å². The Morgan fingerprint density at radius 2 is 2.15 bits per heavy atom. The average molecular weight is 305 g/mol. The van der Waals surface area contributed by atoms with Crippen LogP contribution >= 0.6 is 23.6 Å². The van der Waals surface area contributed by atoms with Crippen LogP contribution in [0.5, 0.6) is 5.75 Å². The summed E-state index contributed by atoms with van der Waals surface area (Å²) in [6, 6.07) is 9.72. The smallest absolute Gasteiger partial charge is 0.284 e. The van der Waals surface area contributed by atoms with Crippen molar-refractivity contribution < 1.29 is 9.15 Å². The second-order valence-corrected chi connectivity index (χ2v) is 5.43. The maximum Gasteiger partial charge on any atom is 0.284 e. The number of para-hydroxylation sites is 1. The Morgan fingerprint density at radius 3 is 2.90 bits per heavy atom. The number of aromatic nitrogens is 3. The molecule has 2 heterocycles. The highest BCUT2D eigenvalue weighted by molar-refractivity contribution is 7.71. The lowest BCUT2D eigenvalue weighted by Crippen LogP contribution is -2.00. The second-order valence-electron chi connectivity index (χ2n) is 3.95. The molecule has 0 aliphatic carbocycles. The molecule has 2 aromatic heterocycles. The van der Waals surface area contributed by atoms with Crippen LogP contribution < -0.4 is 4.74 Å². The Morgan fingerprint density at radius 1 is 1.30 bits per heavy atom. The standard InChI is InChI=1S/C13H11N3O2S2/c19-13-16-15-12(18-13)10-8-14-11(20-10)6-7-17-9-4-2-1-3-5-9/h1-5,8H,6-7H2,(H,16,19). The molecule has 3 aromatic rings. The van der Waals surface area contributed by atoms with Crippen LogP contribution in [0.3, 0.4) is 0 Å². The van der Waals surface area contributed by atoms with Gasteiger partial charge in [0.05, 0.1) is 17.8 Å². The molecule has 20 heavy (non-hydrogen) atoms. The summed E-state index contributed by atoms with van der Waals surface area (Å²) in [5, 5.41) is 7.54. The zero-order valence-corrected chi connectivity index (χ0v) is 12.0. The van der Waals surface area contributed by atoms with Crippen molar-refractivity contribution in [3.05, 3.63) is 46.4 Å². The minimum Gasteiger partial charge on any atom is -0.493 e. The predicted molar refractivity (Wildman–Crippen MR) is 78.4 cm³/mol. The van der Waals surface area contributed by atoms with Crippen LogP contribution in [0.4, 0.5) is 0 Å². The second kappa shape index (κ2) is 5.98. The molecule has 0 aliphatic heterocycles. The molecule has 0 amide bonds. The van der Waals surface area contributed by atoms with Gasteiger partial charge in [-0.25, -0.2) is 10.1 Å². The fourth-order valence-corrected chi connectivity index (χ4v) is 2.58. The van der Waals surface area contributed by atoms with Crippen molar-refractivity contribution in [2.24, 2.45) is 0 Å². The van der Waals surface area contributed by atoms with Crippen molar-refractivity contribution in [3.8, 4) is 16.5 Å².